The van der Waals surface area contributed by atoms with E-state index in [2.05, 4.69) is 0 Å². The summed E-state index contributed by atoms with van der Waals surface area (Å²) in [6.07, 6.45) is 2.68. The second kappa shape index (κ2) is 11.5. The Bertz CT molecular complexity index is 153. The number of carbonyl (C=O) groups is 1. The van der Waals surface area contributed by atoms with Crippen LogP contribution in [-0.2, 0) is 4.79 Å². The van der Waals surface area contributed by atoms with Crippen LogP contribution in [-0.4, -0.2) is 32.0 Å². The summed E-state index contributed by atoms with van der Waals surface area (Å²) in [5.74, 6) is -0.327. The number of amides is 1. The molecule has 0 aliphatic carbocycles. The van der Waals surface area contributed by atoms with Crippen molar-refractivity contribution in [2.75, 3.05) is 21.1 Å². The molecule has 4 heteroatoms. The predicted octanol–water partition coefficient (Wildman–Crippen LogP) is 1.43. The van der Waals surface area contributed by atoms with Gasteiger partial charge in [0.25, 0.3) is 0 Å². The molecular formula is C9H21ClN2O. The molecule has 80 valence electrons. The second-order valence-corrected chi connectivity index (χ2v) is 3.00. The van der Waals surface area contributed by atoms with Gasteiger partial charge in [0.15, 0.2) is 0 Å². The predicted molar refractivity (Wildman–Crippen MR) is 60.1 cm³/mol. The van der Waals surface area contributed by atoms with E-state index in [9.17, 15) is 4.79 Å². The molecule has 0 unspecified atom stereocenters. The summed E-state index contributed by atoms with van der Waals surface area (Å²) in [6.45, 7) is 3.68. The van der Waals surface area contributed by atoms with Crippen LogP contribution >= 0.6 is 12.4 Å². The van der Waals surface area contributed by atoms with E-state index in [4.69, 9.17) is 5.73 Å². The third-order valence-electron chi connectivity index (χ3n) is 0.899. The SMILES string of the molecule is CCC=C(C)C(N)=O.CN(C)C.Cl. The van der Waals surface area contributed by atoms with E-state index in [1.165, 1.54) is 0 Å². The largest absolute Gasteiger partial charge is 0.366 e. The molecule has 0 rings (SSSR count). The smallest absolute Gasteiger partial charge is 0.244 e. The van der Waals surface area contributed by atoms with Gasteiger partial charge < -0.3 is 10.6 Å². The molecule has 3 nitrogen and oxygen atoms in total. The second-order valence-electron chi connectivity index (χ2n) is 3.00. The number of hydrogen-bond donors (Lipinski definition) is 1. The zero-order valence-corrected chi connectivity index (χ0v) is 9.94. The van der Waals surface area contributed by atoms with Crippen molar-refractivity contribution in [3.63, 3.8) is 0 Å². The summed E-state index contributed by atoms with van der Waals surface area (Å²) < 4.78 is 0. The van der Waals surface area contributed by atoms with Gasteiger partial charge in [-0.2, -0.15) is 0 Å². The molecular weight excluding hydrogens is 188 g/mol. The monoisotopic (exact) mass is 208 g/mol. The van der Waals surface area contributed by atoms with Gasteiger partial charge in [-0.25, -0.2) is 0 Å². The van der Waals surface area contributed by atoms with Crippen LogP contribution in [0.3, 0.4) is 0 Å². The Morgan fingerprint density at radius 2 is 1.69 bits per heavy atom. The number of primary amides is 1. The molecule has 1 amide bonds. The number of rotatable bonds is 2. The lowest BCUT2D eigenvalue weighted by Gasteiger charge is -1.90. The molecule has 0 atom stereocenters. The van der Waals surface area contributed by atoms with E-state index in [1.807, 2.05) is 39.0 Å². The average molecular weight is 209 g/mol. The number of carbonyl (C=O) groups excluding carboxylic acids is 1. The number of nitrogens with two attached hydrogens (primary N) is 1. The van der Waals surface area contributed by atoms with Crippen molar-refractivity contribution < 1.29 is 4.79 Å². The van der Waals surface area contributed by atoms with Gasteiger partial charge in [-0.3, -0.25) is 4.79 Å². The van der Waals surface area contributed by atoms with Crippen molar-refractivity contribution in [1.29, 1.82) is 0 Å². The highest BCUT2D eigenvalue weighted by Crippen LogP contribution is 1.91. The number of halogens is 1. The fraction of sp³-hybridized carbons (Fsp3) is 0.667. The number of allylic oxidation sites excluding steroid dienone is 1. The molecule has 0 aromatic carbocycles. The summed E-state index contributed by atoms with van der Waals surface area (Å²) in [5.41, 5.74) is 5.56. The maximum atomic E-state index is 10.2. The molecule has 0 spiro atoms. The molecule has 0 aromatic rings. The van der Waals surface area contributed by atoms with Crippen LogP contribution in [0.1, 0.15) is 20.3 Å². The highest BCUT2D eigenvalue weighted by molar-refractivity contribution is 5.91. The molecule has 0 aliphatic heterocycles. The van der Waals surface area contributed by atoms with Crippen molar-refractivity contribution in [3.8, 4) is 0 Å². The zero-order chi connectivity index (χ0) is 10.1. The molecule has 2 N–H and O–H groups in total. The Labute approximate surface area is 87.4 Å². The highest BCUT2D eigenvalue weighted by atomic mass is 35.5. The maximum Gasteiger partial charge on any atom is 0.244 e. The number of nitrogens with zero attached hydrogens (tertiary/aromatic N) is 1. The highest BCUT2D eigenvalue weighted by Gasteiger charge is 1.91. The van der Waals surface area contributed by atoms with E-state index < -0.39 is 0 Å². The van der Waals surface area contributed by atoms with Crippen molar-refractivity contribution in [1.82, 2.24) is 4.90 Å². The van der Waals surface area contributed by atoms with Gasteiger partial charge >= 0.3 is 0 Å². The topological polar surface area (TPSA) is 46.3 Å². The summed E-state index contributed by atoms with van der Waals surface area (Å²) in [4.78, 5) is 12.2. The molecule has 0 bridgehead atoms. The van der Waals surface area contributed by atoms with Crippen molar-refractivity contribution >= 4 is 18.3 Å². The van der Waals surface area contributed by atoms with Gasteiger partial charge in [0, 0.05) is 5.57 Å². The molecule has 13 heavy (non-hydrogen) atoms. The fourth-order valence-corrected chi connectivity index (χ4v) is 0.407. The Morgan fingerprint density at radius 3 is 1.77 bits per heavy atom. The Hall–Kier alpha value is -0.540. The average Bonchev–Trinajstić information content (AvgIpc) is 1.86. The van der Waals surface area contributed by atoms with Gasteiger partial charge in [-0.1, -0.05) is 13.0 Å². The van der Waals surface area contributed by atoms with E-state index in [1.54, 1.807) is 6.92 Å². The molecule has 0 radical (unpaired) electrons. The molecule has 0 saturated carbocycles. The molecule has 0 aromatic heterocycles. The van der Waals surface area contributed by atoms with Crippen LogP contribution in [0.2, 0.25) is 0 Å². The van der Waals surface area contributed by atoms with Gasteiger partial charge in [0.2, 0.25) is 5.91 Å². The summed E-state index contributed by atoms with van der Waals surface area (Å²) in [5, 5.41) is 0. The van der Waals surface area contributed by atoms with Crippen LogP contribution in [0.25, 0.3) is 0 Å². The Morgan fingerprint density at radius 1 is 1.38 bits per heavy atom. The lowest BCUT2D eigenvalue weighted by Crippen LogP contribution is -2.11. The van der Waals surface area contributed by atoms with Gasteiger partial charge in [0.05, 0.1) is 0 Å². The van der Waals surface area contributed by atoms with Gasteiger partial charge in [0.1, 0.15) is 0 Å². The van der Waals surface area contributed by atoms with Gasteiger partial charge in [-0.15, -0.1) is 12.4 Å². The third-order valence-corrected chi connectivity index (χ3v) is 0.899. The van der Waals surface area contributed by atoms with E-state index >= 15 is 0 Å². The lowest BCUT2D eigenvalue weighted by molar-refractivity contribution is -0.114. The lowest BCUT2D eigenvalue weighted by atomic mass is 10.2. The maximum absolute atomic E-state index is 10.2. The third kappa shape index (κ3) is 24.6. The standard InChI is InChI=1S/C6H11NO.C3H9N.ClH/c1-3-4-5(2)6(7)8;1-4(2)3;/h4H,3H2,1-2H3,(H2,7,8);1-3H3;1H. The first-order chi connectivity index (χ1) is 5.41. The Balaban J connectivity index is -0.000000173. The van der Waals surface area contributed by atoms with E-state index in [-0.39, 0.29) is 18.3 Å². The van der Waals surface area contributed by atoms with Crippen molar-refractivity contribution in [3.05, 3.63) is 11.6 Å². The van der Waals surface area contributed by atoms with Crippen molar-refractivity contribution in [2.24, 2.45) is 5.73 Å². The van der Waals surface area contributed by atoms with Gasteiger partial charge in [-0.05, 0) is 34.5 Å². The first-order valence-electron chi connectivity index (χ1n) is 3.99. The van der Waals surface area contributed by atoms with Crippen molar-refractivity contribution in [2.45, 2.75) is 20.3 Å². The number of hydrogen-bond acceptors (Lipinski definition) is 2. The first kappa shape index (κ1) is 18.3. The molecule has 0 saturated heterocycles. The fourth-order valence-electron chi connectivity index (χ4n) is 0.407. The zero-order valence-electron chi connectivity index (χ0n) is 9.13. The minimum Gasteiger partial charge on any atom is -0.366 e. The summed E-state index contributed by atoms with van der Waals surface area (Å²) in [6, 6.07) is 0. The van der Waals surface area contributed by atoms with E-state index in [0.29, 0.717) is 5.57 Å². The summed E-state index contributed by atoms with van der Waals surface area (Å²) >= 11 is 0. The Kier molecular flexibility index (Phi) is 16.1. The van der Waals surface area contributed by atoms with Crippen LogP contribution in [0.4, 0.5) is 0 Å². The van der Waals surface area contributed by atoms with Crippen LogP contribution in [0.15, 0.2) is 11.6 Å². The van der Waals surface area contributed by atoms with E-state index in [0.717, 1.165) is 6.42 Å². The van der Waals surface area contributed by atoms with Crippen LogP contribution in [0, 0.1) is 0 Å². The van der Waals surface area contributed by atoms with Crippen LogP contribution < -0.4 is 5.73 Å². The summed E-state index contributed by atoms with van der Waals surface area (Å²) in [7, 11) is 6.00. The minimum absolute atomic E-state index is 0. The first-order valence-corrected chi connectivity index (χ1v) is 3.99. The molecule has 0 heterocycles. The molecule has 0 aliphatic rings. The van der Waals surface area contributed by atoms with Crippen LogP contribution in [0.5, 0.6) is 0 Å². The molecule has 0 fully saturated rings. The minimum atomic E-state index is -0.327. The quantitative estimate of drug-likeness (QED) is 0.698. The normalized spacial score (nSPS) is 9.85.